The molecular weight excluding hydrogens is 168 g/mol. The van der Waals surface area contributed by atoms with Crippen molar-refractivity contribution in [2.45, 2.75) is 24.6 Å². The standard InChI is InChI=1S/C9H18N2O2/c1-11(7-2-3-13-6-7)8-4-10-5-9(8)12/h7-10,12H,2-6H2,1H3. The van der Waals surface area contributed by atoms with Gasteiger partial charge >= 0.3 is 0 Å². The molecule has 2 saturated heterocycles. The normalized spacial score (nSPS) is 40.4. The van der Waals surface area contributed by atoms with Crippen molar-refractivity contribution >= 4 is 0 Å². The number of likely N-dealkylation sites (N-methyl/N-ethyl adjacent to an activating group) is 1. The molecule has 3 atom stereocenters. The van der Waals surface area contributed by atoms with Crippen LogP contribution in [0.2, 0.25) is 0 Å². The number of nitrogens with zero attached hydrogens (tertiary/aromatic N) is 1. The Labute approximate surface area is 78.9 Å². The van der Waals surface area contributed by atoms with E-state index in [0.29, 0.717) is 6.04 Å². The molecule has 2 N–H and O–H groups in total. The van der Waals surface area contributed by atoms with Gasteiger partial charge in [0.15, 0.2) is 0 Å². The van der Waals surface area contributed by atoms with E-state index in [-0.39, 0.29) is 12.1 Å². The highest BCUT2D eigenvalue weighted by Gasteiger charge is 2.33. The molecule has 0 spiro atoms. The van der Waals surface area contributed by atoms with Crippen molar-refractivity contribution in [2.75, 3.05) is 33.4 Å². The van der Waals surface area contributed by atoms with E-state index in [1.54, 1.807) is 0 Å². The molecule has 0 amide bonds. The van der Waals surface area contributed by atoms with Crippen LogP contribution in [0.25, 0.3) is 0 Å². The van der Waals surface area contributed by atoms with Gasteiger partial charge in [0.2, 0.25) is 0 Å². The van der Waals surface area contributed by atoms with Crippen molar-refractivity contribution in [1.82, 2.24) is 10.2 Å². The van der Waals surface area contributed by atoms with E-state index in [0.717, 1.165) is 32.7 Å². The lowest BCUT2D eigenvalue weighted by molar-refractivity contribution is 0.0665. The number of β-amino-alcohol motifs (C(OH)–C–C–N with tert-alkyl or cyclic N) is 1. The van der Waals surface area contributed by atoms with Gasteiger partial charge in [0.05, 0.1) is 12.7 Å². The van der Waals surface area contributed by atoms with Crippen LogP contribution >= 0.6 is 0 Å². The third-order valence-electron chi connectivity index (χ3n) is 3.16. The quantitative estimate of drug-likeness (QED) is 0.583. The molecule has 0 aliphatic carbocycles. The first-order valence-corrected chi connectivity index (χ1v) is 4.97. The lowest BCUT2D eigenvalue weighted by Gasteiger charge is -2.30. The van der Waals surface area contributed by atoms with Crippen LogP contribution in [0.15, 0.2) is 0 Å². The van der Waals surface area contributed by atoms with Crippen LogP contribution in [0, 0.1) is 0 Å². The second-order valence-corrected chi connectivity index (χ2v) is 3.98. The lowest BCUT2D eigenvalue weighted by atomic mass is 10.1. The zero-order valence-electron chi connectivity index (χ0n) is 8.07. The van der Waals surface area contributed by atoms with Crippen LogP contribution in [0.3, 0.4) is 0 Å². The summed E-state index contributed by atoms with van der Waals surface area (Å²) in [4.78, 5) is 2.26. The molecule has 0 saturated carbocycles. The van der Waals surface area contributed by atoms with Gasteiger partial charge in [-0.3, -0.25) is 4.90 Å². The molecule has 0 aromatic heterocycles. The summed E-state index contributed by atoms with van der Waals surface area (Å²) >= 11 is 0. The van der Waals surface area contributed by atoms with Crippen molar-refractivity contribution in [3.63, 3.8) is 0 Å². The number of aliphatic hydroxyl groups excluding tert-OH is 1. The predicted molar refractivity (Wildman–Crippen MR) is 49.7 cm³/mol. The minimum atomic E-state index is -0.217. The first kappa shape index (κ1) is 9.40. The summed E-state index contributed by atoms with van der Waals surface area (Å²) in [6.45, 7) is 3.31. The number of aliphatic hydroxyl groups is 1. The fourth-order valence-electron chi connectivity index (χ4n) is 2.18. The zero-order valence-corrected chi connectivity index (χ0v) is 8.07. The van der Waals surface area contributed by atoms with Crippen LogP contribution in [0.5, 0.6) is 0 Å². The molecule has 0 radical (unpaired) electrons. The lowest BCUT2D eigenvalue weighted by Crippen LogP contribution is -2.46. The highest BCUT2D eigenvalue weighted by atomic mass is 16.5. The van der Waals surface area contributed by atoms with Crippen molar-refractivity contribution in [2.24, 2.45) is 0 Å². The SMILES string of the molecule is CN(C1CCOC1)C1CNCC1O. The smallest absolute Gasteiger partial charge is 0.0831 e. The summed E-state index contributed by atoms with van der Waals surface area (Å²) in [6.07, 6.45) is 0.880. The fourth-order valence-corrected chi connectivity index (χ4v) is 2.18. The Hall–Kier alpha value is -0.160. The number of hydrogen-bond acceptors (Lipinski definition) is 4. The summed E-state index contributed by atoms with van der Waals surface area (Å²) in [5.74, 6) is 0. The first-order chi connectivity index (χ1) is 6.29. The highest BCUT2D eigenvalue weighted by Crippen LogP contribution is 2.16. The maximum Gasteiger partial charge on any atom is 0.0831 e. The number of hydrogen-bond donors (Lipinski definition) is 2. The summed E-state index contributed by atoms with van der Waals surface area (Å²) in [6, 6.07) is 0.770. The Morgan fingerprint density at radius 1 is 1.46 bits per heavy atom. The fraction of sp³-hybridized carbons (Fsp3) is 1.00. The predicted octanol–water partition coefficient (Wildman–Crippen LogP) is -0.960. The monoisotopic (exact) mass is 186 g/mol. The first-order valence-electron chi connectivity index (χ1n) is 4.97. The average Bonchev–Trinajstić information content (AvgIpc) is 2.72. The molecule has 4 nitrogen and oxygen atoms in total. The second-order valence-electron chi connectivity index (χ2n) is 3.98. The van der Waals surface area contributed by atoms with Gasteiger partial charge < -0.3 is 15.2 Å². The van der Waals surface area contributed by atoms with Crippen molar-refractivity contribution < 1.29 is 9.84 Å². The summed E-state index contributed by atoms with van der Waals surface area (Å²) in [7, 11) is 2.08. The van der Waals surface area contributed by atoms with Crippen LogP contribution in [0.1, 0.15) is 6.42 Å². The van der Waals surface area contributed by atoms with Crippen LogP contribution < -0.4 is 5.32 Å². The maximum atomic E-state index is 9.67. The van der Waals surface area contributed by atoms with Gasteiger partial charge in [-0.05, 0) is 13.5 Å². The van der Waals surface area contributed by atoms with E-state index in [9.17, 15) is 5.11 Å². The zero-order chi connectivity index (χ0) is 9.26. The van der Waals surface area contributed by atoms with E-state index >= 15 is 0 Å². The van der Waals surface area contributed by atoms with E-state index in [4.69, 9.17) is 4.74 Å². The molecule has 0 aromatic rings. The second kappa shape index (κ2) is 3.92. The summed E-state index contributed by atoms with van der Waals surface area (Å²) in [5.41, 5.74) is 0. The van der Waals surface area contributed by atoms with Crippen LogP contribution in [-0.4, -0.2) is 61.5 Å². The Balaban J connectivity index is 1.91. The Morgan fingerprint density at radius 3 is 2.85 bits per heavy atom. The van der Waals surface area contributed by atoms with Crippen molar-refractivity contribution in [1.29, 1.82) is 0 Å². The van der Waals surface area contributed by atoms with E-state index in [2.05, 4.69) is 17.3 Å². The van der Waals surface area contributed by atoms with E-state index < -0.39 is 0 Å². The molecule has 2 aliphatic rings. The Kier molecular flexibility index (Phi) is 2.83. The number of nitrogens with one attached hydrogen (secondary N) is 1. The molecule has 2 heterocycles. The molecule has 2 aliphatic heterocycles. The number of rotatable bonds is 2. The molecule has 3 unspecified atom stereocenters. The van der Waals surface area contributed by atoms with Crippen LogP contribution in [0.4, 0.5) is 0 Å². The van der Waals surface area contributed by atoms with Gasteiger partial charge in [0.25, 0.3) is 0 Å². The van der Waals surface area contributed by atoms with E-state index in [1.807, 2.05) is 0 Å². The largest absolute Gasteiger partial charge is 0.390 e. The topological polar surface area (TPSA) is 44.7 Å². The molecule has 0 aromatic carbocycles. The van der Waals surface area contributed by atoms with Crippen molar-refractivity contribution in [3.05, 3.63) is 0 Å². The Morgan fingerprint density at radius 2 is 2.31 bits per heavy atom. The number of ether oxygens (including phenoxy) is 1. The molecular formula is C9H18N2O2. The highest BCUT2D eigenvalue weighted by molar-refractivity contribution is 4.90. The van der Waals surface area contributed by atoms with Gasteiger partial charge in [0.1, 0.15) is 0 Å². The van der Waals surface area contributed by atoms with Gasteiger partial charge in [-0.15, -0.1) is 0 Å². The summed E-state index contributed by atoms with van der Waals surface area (Å²) in [5, 5.41) is 12.9. The van der Waals surface area contributed by atoms with E-state index in [1.165, 1.54) is 0 Å². The van der Waals surface area contributed by atoms with Gasteiger partial charge in [0, 0.05) is 31.8 Å². The van der Waals surface area contributed by atoms with Gasteiger partial charge in [-0.2, -0.15) is 0 Å². The third kappa shape index (κ3) is 1.86. The molecule has 2 fully saturated rings. The third-order valence-corrected chi connectivity index (χ3v) is 3.16. The molecule has 13 heavy (non-hydrogen) atoms. The molecule has 2 rings (SSSR count). The van der Waals surface area contributed by atoms with Gasteiger partial charge in [-0.25, -0.2) is 0 Å². The van der Waals surface area contributed by atoms with Crippen molar-refractivity contribution in [3.8, 4) is 0 Å². The molecule has 0 bridgehead atoms. The van der Waals surface area contributed by atoms with Gasteiger partial charge in [-0.1, -0.05) is 0 Å². The minimum absolute atomic E-state index is 0.217. The minimum Gasteiger partial charge on any atom is -0.390 e. The average molecular weight is 186 g/mol. The van der Waals surface area contributed by atoms with Crippen LogP contribution in [-0.2, 0) is 4.74 Å². The molecule has 4 heteroatoms. The Bertz CT molecular complexity index is 171. The summed E-state index contributed by atoms with van der Waals surface area (Å²) < 4.78 is 5.33. The maximum absolute atomic E-state index is 9.67. The molecule has 76 valence electrons.